The molecule has 0 saturated carbocycles. The second-order valence-corrected chi connectivity index (χ2v) is 12.7. The molecule has 1 aromatic carbocycles. The largest absolute Gasteiger partial charge is 0.532 e. The molecule has 0 spiro atoms. The molecule has 0 saturated heterocycles. The van der Waals surface area contributed by atoms with Crippen molar-refractivity contribution in [1.29, 1.82) is 0 Å². The van der Waals surface area contributed by atoms with Crippen LogP contribution in [0.2, 0.25) is 18.1 Å². The maximum absolute atomic E-state index is 6.65. The highest BCUT2D eigenvalue weighted by Gasteiger charge is 2.41. The number of hydrogen-bond donors (Lipinski definition) is 0. The molecule has 0 amide bonds. The molecule has 0 radical (unpaired) electrons. The lowest BCUT2D eigenvalue weighted by Crippen LogP contribution is -2.44. The number of fused-ring (bicyclic) bond motifs is 1. The van der Waals surface area contributed by atoms with E-state index in [2.05, 4.69) is 75.7 Å². The summed E-state index contributed by atoms with van der Waals surface area (Å²) in [7, 11) is -1.89. The lowest BCUT2D eigenvalue weighted by Gasteiger charge is -2.37. The molecule has 0 bridgehead atoms. The van der Waals surface area contributed by atoms with E-state index in [1.54, 1.807) is 0 Å². The maximum Gasteiger partial charge on any atom is 0.252 e. The van der Waals surface area contributed by atoms with Crippen LogP contribution in [-0.2, 0) is 11.3 Å². The van der Waals surface area contributed by atoms with E-state index < -0.39 is 8.32 Å². The molecule has 2 heterocycles. The highest BCUT2D eigenvalue weighted by molar-refractivity contribution is 6.74. The highest BCUT2D eigenvalue weighted by Crippen LogP contribution is 2.42. The SMILES string of the molecule is Cc1cc2n(c1O[Si](C)(C)C(C)(C)C)[C@@H](c1ccccc1)OC2. The van der Waals surface area contributed by atoms with Crippen molar-refractivity contribution in [3.05, 3.63) is 53.2 Å². The molecular formula is C19H27NO2Si. The second-order valence-electron chi connectivity index (χ2n) is 7.93. The van der Waals surface area contributed by atoms with Crippen LogP contribution < -0.4 is 4.43 Å². The van der Waals surface area contributed by atoms with Crippen molar-refractivity contribution in [2.75, 3.05) is 0 Å². The van der Waals surface area contributed by atoms with Gasteiger partial charge >= 0.3 is 0 Å². The predicted octanol–water partition coefficient (Wildman–Crippen LogP) is 5.26. The Kier molecular flexibility index (Phi) is 3.93. The van der Waals surface area contributed by atoms with Crippen molar-refractivity contribution in [3.8, 4) is 5.88 Å². The minimum absolute atomic E-state index is 0.0836. The summed E-state index contributed by atoms with van der Waals surface area (Å²) < 4.78 is 14.9. The molecule has 124 valence electrons. The van der Waals surface area contributed by atoms with Gasteiger partial charge in [0.15, 0.2) is 12.1 Å². The van der Waals surface area contributed by atoms with Gasteiger partial charge in [0, 0.05) is 11.1 Å². The number of nitrogens with zero attached hydrogens (tertiary/aromatic N) is 1. The average molecular weight is 330 g/mol. The molecule has 1 aliphatic heterocycles. The van der Waals surface area contributed by atoms with E-state index in [4.69, 9.17) is 9.16 Å². The van der Waals surface area contributed by atoms with Gasteiger partial charge in [0.1, 0.15) is 0 Å². The molecule has 0 fully saturated rings. The van der Waals surface area contributed by atoms with Crippen LogP contribution in [0.15, 0.2) is 36.4 Å². The van der Waals surface area contributed by atoms with Crippen molar-refractivity contribution < 1.29 is 9.16 Å². The van der Waals surface area contributed by atoms with Gasteiger partial charge < -0.3 is 9.16 Å². The van der Waals surface area contributed by atoms with Crippen LogP contribution in [0.5, 0.6) is 5.88 Å². The van der Waals surface area contributed by atoms with Gasteiger partial charge in [0.2, 0.25) is 0 Å². The number of aromatic nitrogens is 1. The van der Waals surface area contributed by atoms with Crippen LogP contribution in [0.1, 0.15) is 43.8 Å². The maximum atomic E-state index is 6.65. The number of ether oxygens (including phenoxy) is 1. The lowest BCUT2D eigenvalue weighted by molar-refractivity contribution is 0.0600. The van der Waals surface area contributed by atoms with E-state index in [0.29, 0.717) is 6.61 Å². The van der Waals surface area contributed by atoms with Crippen molar-refractivity contribution in [2.24, 2.45) is 0 Å². The molecule has 23 heavy (non-hydrogen) atoms. The summed E-state index contributed by atoms with van der Waals surface area (Å²) in [6, 6.07) is 12.6. The van der Waals surface area contributed by atoms with Crippen LogP contribution in [0.4, 0.5) is 0 Å². The summed E-state index contributed by atoms with van der Waals surface area (Å²) in [5.74, 6) is 0.984. The fraction of sp³-hybridized carbons (Fsp3) is 0.474. The van der Waals surface area contributed by atoms with Crippen LogP contribution in [0, 0.1) is 6.92 Å². The standard InChI is InChI=1S/C19H27NO2Si/c1-14-12-16-13-21-18(15-10-8-7-9-11-15)20(16)17(14)22-23(5,6)19(2,3)4/h7-12,18H,13H2,1-6H3/t18-/m1/s1. The molecule has 0 N–H and O–H groups in total. The molecule has 3 nitrogen and oxygen atoms in total. The van der Waals surface area contributed by atoms with Gasteiger partial charge in [-0.25, -0.2) is 0 Å². The fourth-order valence-electron chi connectivity index (χ4n) is 2.70. The van der Waals surface area contributed by atoms with Crippen molar-refractivity contribution in [2.45, 2.75) is 58.7 Å². The molecule has 1 aromatic heterocycles. The highest BCUT2D eigenvalue weighted by atomic mass is 28.4. The zero-order valence-corrected chi connectivity index (χ0v) is 16.0. The summed E-state index contributed by atoms with van der Waals surface area (Å²) in [6.45, 7) is 14.2. The van der Waals surface area contributed by atoms with Crippen molar-refractivity contribution >= 4 is 8.32 Å². The summed E-state index contributed by atoms with van der Waals surface area (Å²) in [6.07, 6.45) is -0.0836. The first-order valence-corrected chi connectivity index (χ1v) is 11.2. The van der Waals surface area contributed by atoms with E-state index in [9.17, 15) is 0 Å². The van der Waals surface area contributed by atoms with Gasteiger partial charge in [-0.3, -0.25) is 4.57 Å². The zero-order chi connectivity index (χ0) is 16.8. The number of hydrogen-bond acceptors (Lipinski definition) is 2. The number of aryl methyl sites for hydroxylation is 1. The van der Waals surface area contributed by atoms with Gasteiger partial charge in [0.05, 0.1) is 12.3 Å². The molecule has 0 aliphatic carbocycles. The minimum atomic E-state index is -1.89. The Labute approximate surface area is 140 Å². The predicted molar refractivity (Wildman–Crippen MR) is 96.4 cm³/mol. The molecular weight excluding hydrogens is 302 g/mol. The van der Waals surface area contributed by atoms with Crippen LogP contribution in [-0.4, -0.2) is 12.9 Å². The Morgan fingerprint density at radius 1 is 1.17 bits per heavy atom. The lowest BCUT2D eigenvalue weighted by atomic mass is 10.2. The first-order chi connectivity index (χ1) is 10.7. The van der Waals surface area contributed by atoms with Crippen molar-refractivity contribution in [1.82, 2.24) is 4.57 Å². The Bertz CT molecular complexity index is 698. The van der Waals surface area contributed by atoms with Crippen LogP contribution >= 0.6 is 0 Å². The number of benzene rings is 1. The molecule has 2 aromatic rings. The normalized spacial score (nSPS) is 18.1. The summed E-state index contributed by atoms with van der Waals surface area (Å²) in [5, 5.41) is 0.172. The molecule has 4 heteroatoms. The number of rotatable bonds is 3. The van der Waals surface area contributed by atoms with Crippen LogP contribution in [0.3, 0.4) is 0 Å². The Balaban J connectivity index is 2.01. The summed E-state index contributed by atoms with van der Waals surface area (Å²) in [5.41, 5.74) is 3.57. The quantitative estimate of drug-likeness (QED) is 0.717. The summed E-state index contributed by atoms with van der Waals surface area (Å²) in [4.78, 5) is 0. The second kappa shape index (κ2) is 5.53. The molecule has 3 rings (SSSR count). The monoisotopic (exact) mass is 329 g/mol. The third kappa shape index (κ3) is 2.86. The van der Waals surface area contributed by atoms with Gasteiger partial charge in [0.25, 0.3) is 8.32 Å². The average Bonchev–Trinajstić information content (AvgIpc) is 2.99. The Morgan fingerprint density at radius 2 is 1.83 bits per heavy atom. The molecule has 1 aliphatic rings. The Morgan fingerprint density at radius 3 is 2.43 bits per heavy atom. The third-order valence-corrected chi connectivity index (χ3v) is 9.43. The fourth-order valence-corrected chi connectivity index (χ4v) is 3.75. The summed E-state index contributed by atoms with van der Waals surface area (Å²) >= 11 is 0. The Hall–Kier alpha value is -1.52. The first-order valence-electron chi connectivity index (χ1n) is 8.27. The van der Waals surface area contributed by atoms with Crippen LogP contribution in [0.25, 0.3) is 0 Å². The van der Waals surface area contributed by atoms with Crippen molar-refractivity contribution in [3.63, 3.8) is 0 Å². The zero-order valence-electron chi connectivity index (χ0n) is 15.0. The third-order valence-electron chi connectivity index (χ3n) is 5.12. The van der Waals surface area contributed by atoms with E-state index in [0.717, 1.165) is 5.88 Å². The van der Waals surface area contributed by atoms with E-state index in [1.807, 2.05) is 6.07 Å². The molecule has 1 atom stereocenters. The van der Waals surface area contributed by atoms with Gasteiger partial charge in [-0.2, -0.15) is 0 Å². The molecule has 0 unspecified atom stereocenters. The minimum Gasteiger partial charge on any atom is -0.532 e. The smallest absolute Gasteiger partial charge is 0.252 e. The van der Waals surface area contributed by atoms with E-state index in [1.165, 1.54) is 16.8 Å². The van der Waals surface area contributed by atoms with Gasteiger partial charge in [-0.1, -0.05) is 51.1 Å². The van der Waals surface area contributed by atoms with Gasteiger partial charge in [-0.15, -0.1) is 0 Å². The van der Waals surface area contributed by atoms with E-state index >= 15 is 0 Å². The van der Waals surface area contributed by atoms with Gasteiger partial charge in [-0.05, 0) is 31.1 Å². The van der Waals surface area contributed by atoms with E-state index in [-0.39, 0.29) is 11.3 Å². The topological polar surface area (TPSA) is 23.4 Å². The first kappa shape index (κ1) is 16.3.